The van der Waals surface area contributed by atoms with Gasteiger partial charge in [0.05, 0.1) is 12.3 Å². The molecule has 0 amide bonds. The highest BCUT2D eigenvalue weighted by Crippen LogP contribution is 2.23. The average Bonchev–Trinajstić information content (AvgIpc) is 2.29. The number of hydrogen-bond donors (Lipinski definition) is 0. The number of rotatable bonds is 5. The lowest BCUT2D eigenvalue weighted by Crippen LogP contribution is -2.15. The molecule has 4 nitrogen and oxygen atoms in total. The van der Waals surface area contributed by atoms with Crippen LogP contribution in [0.1, 0.15) is 23.0 Å². The number of carbonyl (C=O) groups excluding carboxylic acids is 2. The van der Waals surface area contributed by atoms with Gasteiger partial charge >= 0.3 is 5.97 Å². The van der Waals surface area contributed by atoms with E-state index in [9.17, 15) is 9.59 Å². The van der Waals surface area contributed by atoms with Crippen LogP contribution in [0.5, 0.6) is 0 Å². The quantitative estimate of drug-likeness (QED) is 0.358. The number of aromatic nitrogens is 1. The molecule has 16 heavy (non-hydrogen) atoms. The molecule has 0 spiro atoms. The maximum atomic E-state index is 11.7. The monoisotopic (exact) mass is 333 g/mol. The summed E-state index contributed by atoms with van der Waals surface area (Å²) in [6.07, 6.45) is 1.43. The van der Waals surface area contributed by atoms with Crippen molar-refractivity contribution in [2.45, 2.75) is 17.3 Å². The molecule has 1 unspecified atom stereocenters. The van der Waals surface area contributed by atoms with E-state index in [1.54, 1.807) is 25.3 Å². The normalized spacial score (nSPS) is 11.9. The molecule has 0 fully saturated rings. The highest BCUT2D eigenvalue weighted by Gasteiger charge is 2.21. The second-order valence-corrected chi connectivity index (χ2v) is 4.31. The van der Waals surface area contributed by atoms with Crippen LogP contribution in [-0.4, -0.2) is 23.3 Å². The Labute approximate surface area is 108 Å². The van der Waals surface area contributed by atoms with Gasteiger partial charge in [-0.15, -0.1) is 0 Å². The van der Waals surface area contributed by atoms with E-state index in [-0.39, 0.29) is 12.2 Å². The van der Waals surface area contributed by atoms with Gasteiger partial charge < -0.3 is 4.74 Å². The summed E-state index contributed by atoms with van der Waals surface area (Å²) >= 11 is 1.98. The van der Waals surface area contributed by atoms with Gasteiger partial charge in [0.1, 0.15) is 10.3 Å². The number of nitrogens with zero attached hydrogens (tertiary/aromatic N) is 1. The minimum Gasteiger partial charge on any atom is -0.466 e. The number of ketones is 1. The fourth-order valence-corrected chi connectivity index (χ4v) is 1.72. The molecule has 0 aromatic carbocycles. The van der Waals surface area contributed by atoms with E-state index >= 15 is 0 Å². The number of ether oxygens (including phenoxy) is 1. The Morgan fingerprint density at radius 2 is 2.25 bits per heavy atom. The lowest BCUT2D eigenvalue weighted by Gasteiger charge is -2.07. The van der Waals surface area contributed by atoms with Crippen molar-refractivity contribution in [3.05, 3.63) is 30.1 Å². The molecule has 1 atom stereocenters. The summed E-state index contributed by atoms with van der Waals surface area (Å²) in [6, 6.07) is 5.36. The lowest BCUT2D eigenvalue weighted by atomic mass is 10.1. The molecular formula is C11H12INO3. The molecule has 0 bridgehead atoms. The Bertz CT molecular complexity index is 367. The predicted molar refractivity (Wildman–Crippen MR) is 67.3 cm³/mol. The van der Waals surface area contributed by atoms with Gasteiger partial charge in [-0.05, 0) is 19.1 Å². The molecule has 0 N–H and O–H groups in total. The maximum absolute atomic E-state index is 11.7. The van der Waals surface area contributed by atoms with Gasteiger partial charge in [-0.25, -0.2) is 0 Å². The summed E-state index contributed by atoms with van der Waals surface area (Å²) in [5.74, 6) is -0.664. The fourth-order valence-electron chi connectivity index (χ4n) is 1.13. The topological polar surface area (TPSA) is 56.3 Å². The van der Waals surface area contributed by atoms with E-state index in [2.05, 4.69) is 4.98 Å². The number of alkyl halides is 1. The second kappa shape index (κ2) is 6.57. The van der Waals surface area contributed by atoms with Gasteiger partial charge in [0.25, 0.3) is 0 Å². The van der Waals surface area contributed by atoms with E-state index < -0.39 is 9.89 Å². The van der Waals surface area contributed by atoms with Crippen molar-refractivity contribution in [1.82, 2.24) is 4.98 Å². The third-order valence-electron chi connectivity index (χ3n) is 1.85. The van der Waals surface area contributed by atoms with Crippen LogP contribution in [0.4, 0.5) is 0 Å². The highest BCUT2D eigenvalue weighted by molar-refractivity contribution is 14.1. The van der Waals surface area contributed by atoms with Gasteiger partial charge in [-0.1, -0.05) is 28.7 Å². The molecule has 0 aliphatic rings. The van der Waals surface area contributed by atoms with Crippen LogP contribution in [0, 0.1) is 0 Å². The number of esters is 1. The zero-order valence-corrected chi connectivity index (χ0v) is 11.0. The van der Waals surface area contributed by atoms with Gasteiger partial charge in [0, 0.05) is 6.20 Å². The molecule has 1 aromatic heterocycles. The standard InChI is InChI=1S/C11H12INO3/c1-2-16-10(15)7-9(14)11(12)8-5-3-4-6-13-8/h3-6,11H,2,7H2,1H3. The maximum Gasteiger partial charge on any atom is 0.313 e. The first-order valence-electron chi connectivity index (χ1n) is 4.88. The van der Waals surface area contributed by atoms with Crippen molar-refractivity contribution in [1.29, 1.82) is 0 Å². The van der Waals surface area contributed by atoms with Gasteiger partial charge in [-0.3, -0.25) is 14.6 Å². The minimum absolute atomic E-state index is 0.183. The van der Waals surface area contributed by atoms with Gasteiger partial charge in [0.15, 0.2) is 5.78 Å². The molecule has 1 heterocycles. The lowest BCUT2D eigenvalue weighted by molar-refractivity contribution is -0.145. The van der Waals surface area contributed by atoms with Gasteiger partial charge in [-0.2, -0.15) is 0 Å². The number of pyridine rings is 1. The van der Waals surface area contributed by atoms with Crippen LogP contribution < -0.4 is 0 Å². The zero-order valence-electron chi connectivity index (χ0n) is 8.85. The molecule has 0 saturated heterocycles. The Hall–Kier alpha value is -0.980. The Balaban J connectivity index is 2.58. The Kier molecular flexibility index (Phi) is 5.37. The average molecular weight is 333 g/mol. The van der Waals surface area contributed by atoms with Crippen molar-refractivity contribution >= 4 is 34.3 Å². The summed E-state index contributed by atoms with van der Waals surface area (Å²) in [5.41, 5.74) is 0.664. The third kappa shape index (κ3) is 3.88. The van der Waals surface area contributed by atoms with Crippen LogP contribution in [0.3, 0.4) is 0 Å². The fraction of sp³-hybridized carbons (Fsp3) is 0.364. The Morgan fingerprint density at radius 3 is 2.81 bits per heavy atom. The van der Waals surface area contributed by atoms with Crippen molar-refractivity contribution in [3.8, 4) is 0 Å². The van der Waals surface area contributed by atoms with E-state index in [4.69, 9.17) is 4.74 Å². The number of halogens is 1. The molecule has 5 heteroatoms. The summed E-state index contributed by atoms with van der Waals surface area (Å²) in [5, 5.41) is 0. The summed E-state index contributed by atoms with van der Waals surface area (Å²) in [4.78, 5) is 26.9. The molecule has 1 rings (SSSR count). The Morgan fingerprint density at radius 1 is 1.50 bits per heavy atom. The first-order valence-corrected chi connectivity index (χ1v) is 6.13. The van der Waals surface area contributed by atoms with Crippen LogP contribution in [0.2, 0.25) is 0 Å². The number of hydrogen-bond acceptors (Lipinski definition) is 4. The van der Waals surface area contributed by atoms with Crippen LogP contribution in [-0.2, 0) is 14.3 Å². The number of Topliss-reactive ketones (excluding diaryl/α,β-unsaturated/α-hetero) is 1. The molecule has 0 aliphatic heterocycles. The predicted octanol–water partition coefficient (Wildman–Crippen LogP) is 2.08. The van der Waals surface area contributed by atoms with Crippen molar-refractivity contribution in [3.63, 3.8) is 0 Å². The third-order valence-corrected chi connectivity index (χ3v) is 3.19. The molecule has 0 saturated carbocycles. The van der Waals surface area contributed by atoms with Crippen molar-refractivity contribution in [2.24, 2.45) is 0 Å². The largest absolute Gasteiger partial charge is 0.466 e. The molecule has 0 aliphatic carbocycles. The number of carbonyl (C=O) groups is 2. The van der Waals surface area contributed by atoms with Crippen LogP contribution in [0.15, 0.2) is 24.4 Å². The molecule has 1 aromatic rings. The summed E-state index contributed by atoms with van der Waals surface area (Å²) in [6.45, 7) is 2.00. The van der Waals surface area contributed by atoms with E-state index in [0.29, 0.717) is 12.3 Å². The molecular weight excluding hydrogens is 321 g/mol. The van der Waals surface area contributed by atoms with Crippen LogP contribution >= 0.6 is 22.6 Å². The molecule has 86 valence electrons. The first-order chi connectivity index (χ1) is 7.65. The smallest absolute Gasteiger partial charge is 0.313 e. The SMILES string of the molecule is CCOC(=O)CC(=O)C(I)c1ccccn1. The minimum atomic E-state index is -0.481. The molecule has 0 radical (unpaired) electrons. The van der Waals surface area contributed by atoms with E-state index in [0.717, 1.165) is 0 Å². The first kappa shape index (κ1) is 13.1. The van der Waals surface area contributed by atoms with Crippen molar-refractivity contribution < 1.29 is 14.3 Å². The summed E-state index contributed by atoms with van der Waals surface area (Å²) in [7, 11) is 0. The van der Waals surface area contributed by atoms with E-state index in [1.807, 2.05) is 28.7 Å². The van der Waals surface area contributed by atoms with E-state index in [1.165, 1.54) is 0 Å². The highest BCUT2D eigenvalue weighted by atomic mass is 127. The zero-order chi connectivity index (χ0) is 12.0. The van der Waals surface area contributed by atoms with Crippen LogP contribution in [0.25, 0.3) is 0 Å². The van der Waals surface area contributed by atoms with Crippen molar-refractivity contribution in [2.75, 3.05) is 6.61 Å². The van der Waals surface area contributed by atoms with Gasteiger partial charge in [0.2, 0.25) is 0 Å². The second-order valence-electron chi connectivity index (χ2n) is 3.07. The summed E-state index contributed by atoms with van der Waals surface area (Å²) < 4.78 is 4.32.